The Labute approximate surface area is 103 Å². The second-order valence-corrected chi connectivity index (χ2v) is 4.76. The lowest BCUT2D eigenvalue weighted by Gasteiger charge is -2.32. The van der Waals surface area contributed by atoms with Crippen LogP contribution in [0.15, 0.2) is 6.20 Å². The maximum absolute atomic E-state index is 4.02. The summed E-state index contributed by atoms with van der Waals surface area (Å²) in [5.74, 6) is 1.02. The monoisotopic (exact) mass is 237 g/mol. The van der Waals surface area contributed by atoms with E-state index in [1.54, 1.807) is 6.20 Å². The van der Waals surface area contributed by atoms with Gasteiger partial charge in [0.1, 0.15) is 5.82 Å². The van der Waals surface area contributed by atoms with Crippen LogP contribution in [0.1, 0.15) is 33.1 Å². The van der Waals surface area contributed by atoms with E-state index in [-0.39, 0.29) is 0 Å². The van der Waals surface area contributed by atoms with Crippen molar-refractivity contribution < 1.29 is 0 Å². The van der Waals surface area contributed by atoms with Crippen molar-refractivity contribution >= 4 is 5.82 Å². The minimum absolute atomic E-state index is 0.579. The third-order valence-electron chi connectivity index (χ3n) is 3.51. The molecular formula is C12H23N5. The number of nitrogens with one attached hydrogen (secondary N) is 1. The summed E-state index contributed by atoms with van der Waals surface area (Å²) in [6.07, 6.45) is 5.88. The number of aryl methyl sites for hydroxylation is 1. The second-order valence-electron chi connectivity index (χ2n) is 4.76. The first kappa shape index (κ1) is 12.4. The first-order valence-corrected chi connectivity index (χ1v) is 6.67. The number of hydrogen-bond donors (Lipinski definition) is 1. The zero-order valence-corrected chi connectivity index (χ0v) is 10.9. The number of anilines is 1. The molecule has 17 heavy (non-hydrogen) atoms. The number of rotatable bonds is 5. The van der Waals surface area contributed by atoms with Crippen LogP contribution in [0, 0.1) is 0 Å². The fraction of sp³-hybridized carbons (Fsp3) is 0.833. The Morgan fingerprint density at radius 1 is 1.35 bits per heavy atom. The summed E-state index contributed by atoms with van der Waals surface area (Å²) in [4.78, 5) is 2.57. The van der Waals surface area contributed by atoms with Crippen LogP contribution in [-0.2, 0) is 6.54 Å². The average Bonchev–Trinajstić information content (AvgIpc) is 2.84. The minimum atomic E-state index is 0.579. The molecule has 0 aliphatic carbocycles. The van der Waals surface area contributed by atoms with Gasteiger partial charge in [-0.15, -0.1) is 5.10 Å². The van der Waals surface area contributed by atoms with E-state index >= 15 is 0 Å². The normalized spacial score (nSPS) is 19.2. The molecule has 1 atom stereocenters. The lowest BCUT2D eigenvalue weighted by molar-refractivity contribution is 0.180. The predicted octanol–water partition coefficient (Wildman–Crippen LogP) is 1.58. The molecule has 1 saturated heterocycles. The highest BCUT2D eigenvalue weighted by Gasteiger charge is 2.16. The number of nitrogens with zero attached hydrogens (tertiary/aromatic N) is 4. The molecule has 0 bridgehead atoms. The number of likely N-dealkylation sites (tertiary alicyclic amines) is 1. The van der Waals surface area contributed by atoms with Crippen molar-refractivity contribution in [1.29, 1.82) is 0 Å². The van der Waals surface area contributed by atoms with Gasteiger partial charge in [0.25, 0.3) is 0 Å². The van der Waals surface area contributed by atoms with Crippen LogP contribution in [-0.4, -0.2) is 45.6 Å². The Morgan fingerprint density at radius 3 is 2.82 bits per heavy atom. The molecule has 1 aromatic heterocycles. The van der Waals surface area contributed by atoms with Crippen LogP contribution in [0.4, 0.5) is 5.82 Å². The SMILES string of the molecule is CCn1nncc1NCC(C)N1CCCCC1. The van der Waals surface area contributed by atoms with Gasteiger partial charge in [0.15, 0.2) is 0 Å². The number of piperidine rings is 1. The van der Waals surface area contributed by atoms with Crippen molar-refractivity contribution in [2.45, 2.75) is 45.7 Å². The van der Waals surface area contributed by atoms with Gasteiger partial charge in [0.2, 0.25) is 0 Å². The average molecular weight is 237 g/mol. The summed E-state index contributed by atoms with van der Waals surface area (Å²) in [5, 5.41) is 11.4. The molecule has 5 heteroatoms. The number of aromatic nitrogens is 3. The van der Waals surface area contributed by atoms with E-state index in [2.05, 4.69) is 34.4 Å². The van der Waals surface area contributed by atoms with Crippen molar-refractivity contribution in [3.05, 3.63) is 6.20 Å². The Hall–Kier alpha value is -1.10. The zero-order chi connectivity index (χ0) is 12.1. The van der Waals surface area contributed by atoms with Gasteiger partial charge in [0.05, 0.1) is 6.20 Å². The molecule has 1 fully saturated rings. The second kappa shape index (κ2) is 6.00. The largest absolute Gasteiger partial charge is 0.367 e. The van der Waals surface area contributed by atoms with Crippen LogP contribution in [0.25, 0.3) is 0 Å². The summed E-state index contributed by atoms with van der Waals surface area (Å²) in [5.41, 5.74) is 0. The predicted molar refractivity (Wildman–Crippen MR) is 69.1 cm³/mol. The van der Waals surface area contributed by atoms with Gasteiger partial charge in [-0.05, 0) is 39.8 Å². The van der Waals surface area contributed by atoms with Gasteiger partial charge in [-0.1, -0.05) is 11.6 Å². The Bertz CT molecular complexity index is 329. The first-order valence-electron chi connectivity index (χ1n) is 6.67. The highest BCUT2D eigenvalue weighted by atomic mass is 15.4. The molecule has 1 aliphatic rings. The minimum Gasteiger partial charge on any atom is -0.367 e. The molecule has 5 nitrogen and oxygen atoms in total. The molecule has 0 aromatic carbocycles. The van der Waals surface area contributed by atoms with E-state index in [4.69, 9.17) is 0 Å². The Morgan fingerprint density at radius 2 is 2.12 bits per heavy atom. The summed E-state index contributed by atoms with van der Waals surface area (Å²) in [7, 11) is 0. The van der Waals surface area contributed by atoms with Gasteiger partial charge < -0.3 is 5.32 Å². The summed E-state index contributed by atoms with van der Waals surface area (Å²) >= 11 is 0. The molecule has 1 N–H and O–H groups in total. The van der Waals surface area contributed by atoms with Crippen molar-refractivity contribution in [3.63, 3.8) is 0 Å². The molecule has 2 rings (SSSR count). The van der Waals surface area contributed by atoms with E-state index in [1.165, 1.54) is 32.4 Å². The maximum Gasteiger partial charge on any atom is 0.144 e. The highest BCUT2D eigenvalue weighted by Crippen LogP contribution is 2.12. The van der Waals surface area contributed by atoms with Gasteiger partial charge in [-0.2, -0.15) is 0 Å². The smallest absolute Gasteiger partial charge is 0.144 e. The molecule has 1 unspecified atom stereocenters. The van der Waals surface area contributed by atoms with Crippen LogP contribution >= 0.6 is 0 Å². The lowest BCUT2D eigenvalue weighted by Crippen LogP contribution is -2.41. The molecule has 0 amide bonds. The molecule has 2 heterocycles. The summed E-state index contributed by atoms with van der Waals surface area (Å²) in [6.45, 7) is 8.68. The topological polar surface area (TPSA) is 46.0 Å². The molecule has 96 valence electrons. The van der Waals surface area contributed by atoms with Gasteiger partial charge in [-0.25, -0.2) is 4.68 Å². The standard InChI is InChI=1S/C12H23N5/c1-3-17-12(10-14-15-17)13-9-11(2)16-7-5-4-6-8-16/h10-11,13H,3-9H2,1-2H3. The van der Waals surface area contributed by atoms with Gasteiger partial charge >= 0.3 is 0 Å². The van der Waals surface area contributed by atoms with Crippen molar-refractivity contribution in [2.24, 2.45) is 0 Å². The van der Waals surface area contributed by atoms with Crippen LogP contribution in [0.5, 0.6) is 0 Å². The maximum atomic E-state index is 4.02. The fourth-order valence-corrected chi connectivity index (χ4v) is 2.37. The first-order chi connectivity index (χ1) is 8.31. The van der Waals surface area contributed by atoms with Crippen LogP contribution in [0.3, 0.4) is 0 Å². The van der Waals surface area contributed by atoms with E-state index < -0.39 is 0 Å². The van der Waals surface area contributed by atoms with Crippen molar-refractivity contribution in [2.75, 3.05) is 25.0 Å². The fourth-order valence-electron chi connectivity index (χ4n) is 2.37. The third-order valence-corrected chi connectivity index (χ3v) is 3.51. The van der Waals surface area contributed by atoms with Crippen LogP contribution in [0.2, 0.25) is 0 Å². The van der Waals surface area contributed by atoms with Gasteiger partial charge in [0, 0.05) is 19.1 Å². The van der Waals surface area contributed by atoms with Crippen LogP contribution < -0.4 is 5.32 Å². The van der Waals surface area contributed by atoms with E-state index in [0.717, 1.165) is 18.9 Å². The van der Waals surface area contributed by atoms with Gasteiger partial charge in [-0.3, -0.25) is 4.90 Å². The summed E-state index contributed by atoms with van der Waals surface area (Å²) in [6, 6.07) is 0.579. The molecular weight excluding hydrogens is 214 g/mol. The molecule has 0 radical (unpaired) electrons. The summed E-state index contributed by atoms with van der Waals surface area (Å²) < 4.78 is 1.89. The van der Waals surface area contributed by atoms with Crippen molar-refractivity contribution in [3.8, 4) is 0 Å². The van der Waals surface area contributed by atoms with E-state index in [0.29, 0.717) is 6.04 Å². The van der Waals surface area contributed by atoms with Crippen molar-refractivity contribution in [1.82, 2.24) is 19.9 Å². The lowest BCUT2D eigenvalue weighted by atomic mass is 10.1. The third kappa shape index (κ3) is 3.19. The van der Waals surface area contributed by atoms with E-state index in [1.807, 2.05) is 4.68 Å². The molecule has 1 aromatic rings. The Balaban J connectivity index is 1.80. The molecule has 0 saturated carbocycles. The number of hydrogen-bond acceptors (Lipinski definition) is 4. The quantitative estimate of drug-likeness (QED) is 0.844. The Kier molecular flexibility index (Phi) is 4.36. The molecule has 0 spiro atoms. The highest BCUT2D eigenvalue weighted by molar-refractivity contribution is 5.30. The molecule has 1 aliphatic heterocycles. The zero-order valence-electron chi connectivity index (χ0n) is 10.9. The van der Waals surface area contributed by atoms with E-state index in [9.17, 15) is 0 Å².